The molecule has 2 fully saturated rings. The van der Waals surface area contributed by atoms with Gasteiger partial charge < -0.3 is 10.1 Å². The summed E-state index contributed by atoms with van der Waals surface area (Å²) in [7, 11) is -3.48. The number of carbonyl (C=O) groups is 1. The highest BCUT2D eigenvalue weighted by atomic mass is 32.2. The zero-order chi connectivity index (χ0) is 19.6. The predicted octanol–water partition coefficient (Wildman–Crippen LogP) is 0.901. The molecule has 2 aliphatic rings. The number of amides is 1. The third kappa shape index (κ3) is 4.03. The SMILES string of the molecule is O=C(CCn1nnc2cc(S(=O)(=O)N3CCCC3)ccc21)NCC1CCCO1. The first-order valence-electron chi connectivity index (χ1n) is 9.76. The smallest absolute Gasteiger partial charge is 0.243 e. The van der Waals surface area contributed by atoms with E-state index >= 15 is 0 Å². The number of nitrogens with zero attached hydrogens (tertiary/aromatic N) is 4. The summed E-state index contributed by atoms with van der Waals surface area (Å²) >= 11 is 0. The molecule has 2 aromatic rings. The van der Waals surface area contributed by atoms with E-state index in [1.54, 1.807) is 22.9 Å². The highest BCUT2D eigenvalue weighted by molar-refractivity contribution is 7.89. The van der Waals surface area contributed by atoms with Crippen LogP contribution in [0.4, 0.5) is 0 Å². The fourth-order valence-corrected chi connectivity index (χ4v) is 5.22. The van der Waals surface area contributed by atoms with Crippen LogP contribution in [0.1, 0.15) is 32.1 Å². The van der Waals surface area contributed by atoms with E-state index < -0.39 is 10.0 Å². The molecule has 1 atom stereocenters. The van der Waals surface area contributed by atoms with Crippen molar-refractivity contribution in [3.8, 4) is 0 Å². The number of hydrogen-bond acceptors (Lipinski definition) is 6. The molecule has 2 aliphatic heterocycles. The maximum Gasteiger partial charge on any atom is 0.243 e. The quantitative estimate of drug-likeness (QED) is 0.731. The molecule has 1 aromatic heterocycles. The number of ether oxygens (including phenoxy) is 1. The minimum absolute atomic E-state index is 0.0626. The molecule has 0 aliphatic carbocycles. The van der Waals surface area contributed by atoms with Gasteiger partial charge in [0.2, 0.25) is 15.9 Å². The zero-order valence-electron chi connectivity index (χ0n) is 15.7. The molecule has 10 heteroatoms. The van der Waals surface area contributed by atoms with Crippen LogP contribution in [0.15, 0.2) is 23.1 Å². The maximum absolute atomic E-state index is 12.7. The molecule has 1 aromatic carbocycles. The third-order valence-corrected chi connectivity index (χ3v) is 7.18. The molecule has 3 heterocycles. The van der Waals surface area contributed by atoms with Gasteiger partial charge in [0, 0.05) is 32.7 Å². The van der Waals surface area contributed by atoms with Crippen molar-refractivity contribution in [2.75, 3.05) is 26.2 Å². The van der Waals surface area contributed by atoms with E-state index in [4.69, 9.17) is 4.74 Å². The number of carbonyl (C=O) groups excluding carboxylic acids is 1. The van der Waals surface area contributed by atoms with Crippen LogP contribution in [0.2, 0.25) is 0 Å². The lowest BCUT2D eigenvalue weighted by Crippen LogP contribution is -2.32. The summed E-state index contributed by atoms with van der Waals surface area (Å²) in [6.45, 7) is 2.81. The lowest BCUT2D eigenvalue weighted by molar-refractivity contribution is -0.121. The Hall–Kier alpha value is -2.04. The van der Waals surface area contributed by atoms with Crippen molar-refractivity contribution in [2.24, 2.45) is 0 Å². The molecule has 4 rings (SSSR count). The van der Waals surface area contributed by atoms with Gasteiger partial charge in [-0.3, -0.25) is 4.79 Å². The molecule has 1 N–H and O–H groups in total. The second-order valence-electron chi connectivity index (χ2n) is 7.26. The molecule has 9 nitrogen and oxygen atoms in total. The Morgan fingerprint density at radius 1 is 1.25 bits per heavy atom. The Morgan fingerprint density at radius 3 is 2.82 bits per heavy atom. The summed E-state index contributed by atoms with van der Waals surface area (Å²) in [6.07, 6.45) is 4.21. The van der Waals surface area contributed by atoms with Crippen molar-refractivity contribution in [1.29, 1.82) is 0 Å². The molecule has 0 bridgehead atoms. The summed E-state index contributed by atoms with van der Waals surface area (Å²) in [6, 6.07) is 4.86. The normalized spacial score (nSPS) is 20.8. The second kappa shape index (κ2) is 8.14. The average Bonchev–Trinajstić information content (AvgIpc) is 3.46. The van der Waals surface area contributed by atoms with Crippen LogP contribution in [-0.2, 0) is 26.1 Å². The van der Waals surface area contributed by atoms with Gasteiger partial charge in [-0.05, 0) is 43.9 Å². The van der Waals surface area contributed by atoms with Crippen LogP contribution in [0, 0.1) is 0 Å². The average molecular weight is 407 g/mol. The molecular weight excluding hydrogens is 382 g/mol. The molecule has 0 spiro atoms. The van der Waals surface area contributed by atoms with Crippen molar-refractivity contribution in [3.63, 3.8) is 0 Å². The van der Waals surface area contributed by atoms with Gasteiger partial charge in [0.25, 0.3) is 0 Å². The summed E-state index contributed by atoms with van der Waals surface area (Å²) in [5.41, 5.74) is 1.23. The number of rotatable bonds is 7. The van der Waals surface area contributed by atoms with E-state index in [0.717, 1.165) is 32.3 Å². The molecule has 1 unspecified atom stereocenters. The highest BCUT2D eigenvalue weighted by Gasteiger charge is 2.27. The van der Waals surface area contributed by atoms with E-state index in [1.807, 2.05) is 0 Å². The molecule has 152 valence electrons. The number of hydrogen-bond donors (Lipinski definition) is 1. The van der Waals surface area contributed by atoms with Gasteiger partial charge in [-0.1, -0.05) is 5.21 Å². The lowest BCUT2D eigenvalue weighted by atomic mass is 10.2. The number of benzene rings is 1. The minimum Gasteiger partial charge on any atom is -0.376 e. The van der Waals surface area contributed by atoms with Crippen molar-refractivity contribution in [2.45, 2.75) is 49.6 Å². The van der Waals surface area contributed by atoms with E-state index in [-0.39, 0.29) is 23.3 Å². The van der Waals surface area contributed by atoms with Crippen LogP contribution < -0.4 is 5.32 Å². The number of aryl methyl sites for hydroxylation is 1. The first kappa shape index (κ1) is 19.3. The monoisotopic (exact) mass is 407 g/mol. The van der Waals surface area contributed by atoms with Crippen molar-refractivity contribution >= 4 is 27.0 Å². The predicted molar refractivity (Wildman–Crippen MR) is 102 cm³/mol. The van der Waals surface area contributed by atoms with Gasteiger partial charge in [0.15, 0.2) is 0 Å². The zero-order valence-corrected chi connectivity index (χ0v) is 16.5. The Bertz CT molecular complexity index is 946. The fourth-order valence-electron chi connectivity index (χ4n) is 3.68. The first-order valence-corrected chi connectivity index (χ1v) is 11.2. The third-order valence-electron chi connectivity index (χ3n) is 5.29. The molecule has 0 radical (unpaired) electrons. The second-order valence-corrected chi connectivity index (χ2v) is 9.20. The van der Waals surface area contributed by atoms with Crippen LogP contribution in [0.3, 0.4) is 0 Å². The number of aromatic nitrogens is 3. The van der Waals surface area contributed by atoms with E-state index in [1.165, 1.54) is 4.31 Å². The molecular formula is C18H25N5O4S. The molecule has 2 saturated heterocycles. The number of sulfonamides is 1. The van der Waals surface area contributed by atoms with Crippen LogP contribution in [0.25, 0.3) is 11.0 Å². The first-order chi connectivity index (χ1) is 13.5. The number of nitrogens with one attached hydrogen (secondary N) is 1. The summed E-state index contributed by atoms with van der Waals surface area (Å²) in [5, 5.41) is 11.0. The Balaban J connectivity index is 1.39. The van der Waals surface area contributed by atoms with Gasteiger partial charge >= 0.3 is 0 Å². The molecule has 28 heavy (non-hydrogen) atoms. The standard InChI is InChI=1S/C18H25N5O4S/c24-18(19-13-14-4-3-11-27-14)7-10-23-17-6-5-15(12-16(17)20-21-23)28(25,26)22-8-1-2-9-22/h5-6,12,14H,1-4,7-11,13H2,(H,19,24). The van der Waals surface area contributed by atoms with Crippen molar-refractivity contribution in [1.82, 2.24) is 24.6 Å². The lowest BCUT2D eigenvalue weighted by Gasteiger charge is -2.15. The van der Waals surface area contributed by atoms with Crippen molar-refractivity contribution < 1.29 is 17.9 Å². The van der Waals surface area contributed by atoms with Gasteiger partial charge in [-0.2, -0.15) is 4.31 Å². The molecule has 0 saturated carbocycles. The highest BCUT2D eigenvalue weighted by Crippen LogP contribution is 2.23. The Labute approximate surface area is 164 Å². The largest absolute Gasteiger partial charge is 0.376 e. The van der Waals surface area contributed by atoms with E-state index in [9.17, 15) is 13.2 Å². The molecule has 1 amide bonds. The van der Waals surface area contributed by atoms with Crippen LogP contribution in [-0.4, -0.2) is 66.0 Å². The van der Waals surface area contributed by atoms with E-state index in [0.29, 0.717) is 37.2 Å². The van der Waals surface area contributed by atoms with Gasteiger partial charge in [0.05, 0.1) is 23.1 Å². The fraction of sp³-hybridized carbons (Fsp3) is 0.611. The topological polar surface area (TPSA) is 106 Å². The Kier molecular flexibility index (Phi) is 5.61. The van der Waals surface area contributed by atoms with Gasteiger partial charge in [-0.25, -0.2) is 13.1 Å². The van der Waals surface area contributed by atoms with Gasteiger partial charge in [0.1, 0.15) is 5.52 Å². The van der Waals surface area contributed by atoms with Gasteiger partial charge in [-0.15, -0.1) is 5.10 Å². The summed E-state index contributed by atoms with van der Waals surface area (Å²) in [4.78, 5) is 12.3. The Morgan fingerprint density at radius 2 is 2.07 bits per heavy atom. The summed E-state index contributed by atoms with van der Waals surface area (Å²) < 4.78 is 34.0. The minimum atomic E-state index is -3.48. The van der Waals surface area contributed by atoms with Crippen molar-refractivity contribution in [3.05, 3.63) is 18.2 Å². The summed E-state index contributed by atoms with van der Waals surface area (Å²) in [5.74, 6) is -0.0626. The van der Waals surface area contributed by atoms with Crippen LogP contribution in [0.5, 0.6) is 0 Å². The van der Waals surface area contributed by atoms with Crippen LogP contribution >= 0.6 is 0 Å². The van der Waals surface area contributed by atoms with E-state index in [2.05, 4.69) is 15.6 Å². The number of fused-ring (bicyclic) bond motifs is 1. The maximum atomic E-state index is 12.7.